The lowest BCUT2D eigenvalue weighted by Gasteiger charge is -2.34. The molecule has 0 aromatic carbocycles. The second kappa shape index (κ2) is 5.67. The van der Waals surface area contributed by atoms with E-state index in [9.17, 15) is 16.8 Å². The Balaban J connectivity index is 2.04. The van der Waals surface area contributed by atoms with Crippen LogP contribution in [0.5, 0.6) is 0 Å². The van der Waals surface area contributed by atoms with E-state index in [2.05, 4.69) is 5.32 Å². The number of sulfone groups is 1. The second-order valence-electron chi connectivity index (χ2n) is 5.60. The van der Waals surface area contributed by atoms with Crippen molar-refractivity contribution in [3.8, 4) is 0 Å². The van der Waals surface area contributed by atoms with Gasteiger partial charge in [-0.2, -0.15) is 4.31 Å². The Morgan fingerprint density at radius 3 is 2.37 bits per heavy atom. The average Bonchev–Trinajstić information content (AvgIpc) is 3.07. The minimum atomic E-state index is -3.71. The maximum atomic E-state index is 12.2. The molecule has 2 aliphatic rings. The maximum absolute atomic E-state index is 12.2. The highest BCUT2D eigenvalue weighted by atomic mass is 32.3. The van der Waals surface area contributed by atoms with Crippen LogP contribution < -0.4 is 5.32 Å². The average molecular weight is 310 g/mol. The minimum Gasteiger partial charge on any atom is -0.312 e. The predicted molar refractivity (Wildman–Crippen MR) is 74.0 cm³/mol. The highest BCUT2D eigenvalue weighted by molar-refractivity contribution is 8.06. The number of piperidine rings is 1. The Hall–Kier alpha value is -0.180. The molecule has 1 saturated heterocycles. The molecule has 19 heavy (non-hydrogen) atoms. The highest BCUT2D eigenvalue weighted by Gasteiger charge is 2.35. The summed E-state index contributed by atoms with van der Waals surface area (Å²) in [6.45, 7) is 1.07. The van der Waals surface area contributed by atoms with Crippen molar-refractivity contribution in [2.75, 3.05) is 24.4 Å². The SMILES string of the molecule is CS(=O)(=O)CS(=O)(=O)N1CCCCC1CNC1CC1. The van der Waals surface area contributed by atoms with Crippen molar-refractivity contribution in [2.45, 2.75) is 44.2 Å². The molecule has 8 heteroatoms. The number of nitrogens with zero attached hydrogens (tertiary/aromatic N) is 1. The number of hydrogen-bond donors (Lipinski definition) is 1. The molecule has 1 saturated carbocycles. The van der Waals surface area contributed by atoms with Crippen LogP contribution in [0.15, 0.2) is 0 Å². The molecular weight excluding hydrogens is 288 g/mol. The third-order valence-electron chi connectivity index (χ3n) is 3.51. The smallest absolute Gasteiger partial charge is 0.228 e. The van der Waals surface area contributed by atoms with E-state index < -0.39 is 24.9 Å². The zero-order valence-corrected chi connectivity index (χ0v) is 12.8. The standard InChI is InChI=1S/C11H22N2O4S2/c1-18(14,15)9-19(16,17)13-7-3-2-4-11(13)8-12-10-5-6-10/h10-12H,2-9H2,1H3. The fraction of sp³-hybridized carbons (Fsp3) is 1.00. The molecule has 112 valence electrons. The van der Waals surface area contributed by atoms with Crippen LogP contribution in [-0.4, -0.2) is 57.7 Å². The molecule has 1 unspecified atom stereocenters. The summed E-state index contributed by atoms with van der Waals surface area (Å²) >= 11 is 0. The fourth-order valence-corrected chi connectivity index (χ4v) is 6.22. The van der Waals surface area contributed by atoms with Crippen molar-refractivity contribution in [3.05, 3.63) is 0 Å². The molecule has 0 aromatic rings. The molecular formula is C11H22N2O4S2. The first-order valence-corrected chi connectivity index (χ1v) is 10.4. The van der Waals surface area contributed by atoms with Gasteiger partial charge in [0.05, 0.1) is 0 Å². The molecule has 2 rings (SSSR count). The summed E-state index contributed by atoms with van der Waals surface area (Å²) < 4.78 is 48.3. The topological polar surface area (TPSA) is 83.5 Å². The third kappa shape index (κ3) is 4.70. The van der Waals surface area contributed by atoms with Crippen LogP contribution in [0.3, 0.4) is 0 Å². The van der Waals surface area contributed by atoms with E-state index in [-0.39, 0.29) is 6.04 Å². The minimum absolute atomic E-state index is 0.0962. The van der Waals surface area contributed by atoms with Gasteiger partial charge in [0, 0.05) is 31.4 Å². The van der Waals surface area contributed by atoms with Crippen LogP contribution in [0, 0.1) is 0 Å². The van der Waals surface area contributed by atoms with E-state index >= 15 is 0 Å². The monoisotopic (exact) mass is 310 g/mol. The molecule has 1 heterocycles. The summed E-state index contributed by atoms with van der Waals surface area (Å²) in [4.78, 5) is 0. The van der Waals surface area contributed by atoms with E-state index in [1.165, 1.54) is 4.31 Å². The summed E-state index contributed by atoms with van der Waals surface area (Å²) in [5.41, 5.74) is 0. The number of hydrogen-bond acceptors (Lipinski definition) is 5. The van der Waals surface area contributed by atoms with Crippen LogP contribution in [0.25, 0.3) is 0 Å². The molecule has 6 nitrogen and oxygen atoms in total. The summed E-state index contributed by atoms with van der Waals surface area (Å²) in [5.74, 6) is 0. The summed E-state index contributed by atoms with van der Waals surface area (Å²) in [6, 6.07) is 0.433. The number of nitrogens with one attached hydrogen (secondary N) is 1. The van der Waals surface area contributed by atoms with Crippen LogP contribution in [0.1, 0.15) is 32.1 Å². The molecule has 1 aliphatic carbocycles. The van der Waals surface area contributed by atoms with E-state index in [0.29, 0.717) is 19.1 Å². The predicted octanol–water partition coefficient (Wildman–Crippen LogP) is -0.0752. The fourth-order valence-electron chi connectivity index (χ4n) is 2.47. The van der Waals surface area contributed by atoms with Gasteiger partial charge in [0.15, 0.2) is 14.9 Å². The van der Waals surface area contributed by atoms with Crippen molar-refractivity contribution < 1.29 is 16.8 Å². The van der Waals surface area contributed by atoms with Gasteiger partial charge in [0.25, 0.3) is 0 Å². The Labute approximate surface area is 115 Å². The lowest BCUT2D eigenvalue weighted by atomic mass is 10.1. The van der Waals surface area contributed by atoms with E-state index in [1.807, 2.05) is 0 Å². The van der Waals surface area contributed by atoms with Gasteiger partial charge in [-0.3, -0.25) is 0 Å². The van der Waals surface area contributed by atoms with Crippen molar-refractivity contribution in [2.24, 2.45) is 0 Å². The van der Waals surface area contributed by atoms with Gasteiger partial charge in [-0.05, 0) is 25.7 Å². The Kier molecular flexibility index (Phi) is 4.54. The van der Waals surface area contributed by atoms with Crippen molar-refractivity contribution in [1.29, 1.82) is 0 Å². The maximum Gasteiger partial charge on any atom is 0.228 e. The molecule has 0 radical (unpaired) electrons. The van der Waals surface area contributed by atoms with Gasteiger partial charge < -0.3 is 5.32 Å². The van der Waals surface area contributed by atoms with E-state index in [0.717, 1.165) is 38.4 Å². The van der Waals surface area contributed by atoms with Gasteiger partial charge in [-0.1, -0.05) is 6.42 Å². The molecule has 1 atom stereocenters. The lowest BCUT2D eigenvalue weighted by Crippen LogP contribution is -2.50. The first-order valence-electron chi connectivity index (χ1n) is 6.68. The van der Waals surface area contributed by atoms with Gasteiger partial charge in [-0.15, -0.1) is 0 Å². The van der Waals surface area contributed by atoms with Gasteiger partial charge in [-0.25, -0.2) is 16.8 Å². The zero-order valence-electron chi connectivity index (χ0n) is 11.2. The summed E-state index contributed by atoms with van der Waals surface area (Å²) in [5, 5.41) is 2.56. The Morgan fingerprint density at radius 1 is 1.11 bits per heavy atom. The molecule has 0 bridgehead atoms. The summed E-state index contributed by atoms with van der Waals surface area (Å²) in [7, 11) is -7.24. The van der Waals surface area contributed by atoms with Crippen LogP contribution >= 0.6 is 0 Å². The molecule has 2 fully saturated rings. The van der Waals surface area contributed by atoms with Crippen LogP contribution in [0.4, 0.5) is 0 Å². The first kappa shape index (κ1) is 15.2. The first-order chi connectivity index (χ1) is 8.78. The lowest BCUT2D eigenvalue weighted by molar-refractivity contribution is 0.246. The summed E-state index contributed by atoms with van der Waals surface area (Å²) in [6.07, 6.45) is 5.89. The molecule has 1 N–H and O–H groups in total. The molecule has 0 amide bonds. The largest absolute Gasteiger partial charge is 0.312 e. The third-order valence-corrected chi connectivity index (χ3v) is 7.61. The Bertz CT molecular complexity index is 511. The molecule has 0 aromatic heterocycles. The van der Waals surface area contributed by atoms with Gasteiger partial charge in [0.1, 0.15) is 0 Å². The van der Waals surface area contributed by atoms with Crippen LogP contribution in [-0.2, 0) is 19.9 Å². The van der Waals surface area contributed by atoms with Crippen molar-refractivity contribution >= 4 is 19.9 Å². The van der Waals surface area contributed by atoms with Gasteiger partial charge in [0.2, 0.25) is 10.0 Å². The Morgan fingerprint density at radius 2 is 1.79 bits per heavy atom. The second-order valence-corrected chi connectivity index (χ2v) is 10.0. The quantitative estimate of drug-likeness (QED) is 0.742. The number of sulfonamides is 1. The molecule has 0 spiro atoms. The van der Waals surface area contributed by atoms with E-state index in [1.54, 1.807) is 0 Å². The normalized spacial score (nSPS) is 26.5. The highest BCUT2D eigenvalue weighted by Crippen LogP contribution is 2.23. The zero-order chi connectivity index (χ0) is 14.1. The van der Waals surface area contributed by atoms with Crippen molar-refractivity contribution in [1.82, 2.24) is 9.62 Å². The van der Waals surface area contributed by atoms with E-state index in [4.69, 9.17) is 0 Å². The van der Waals surface area contributed by atoms with Crippen LogP contribution in [0.2, 0.25) is 0 Å². The number of rotatable bonds is 6. The van der Waals surface area contributed by atoms with Gasteiger partial charge >= 0.3 is 0 Å². The van der Waals surface area contributed by atoms with Crippen molar-refractivity contribution in [3.63, 3.8) is 0 Å². The molecule has 1 aliphatic heterocycles.